The number of nitrogens with one attached hydrogen (secondary N) is 2. The molecule has 0 bridgehead atoms. The van der Waals surface area contributed by atoms with Gasteiger partial charge in [-0.3, -0.25) is 9.69 Å². The van der Waals surface area contributed by atoms with E-state index in [-0.39, 0.29) is 24.0 Å². The summed E-state index contributed by atoms with van der Waals surface area (Å²) in [5.74, 6) is -0.205. The first kappa shape index (κ1) is 19.1. The van der Waals surface area contributed by atoms with Crippen molar-refractivity contribution in [2.45, 2.75) is 56.0 Å². The average Bonchev–Trinajstić information content (AvgIpc) is 3.25. The van der Waals surface area contributed by atoms with E-state index in [1.54, 1.807) is 6.07 Å². The number of halogens is 1. The first-order valence-electron chi connectivity index (χ1n) is 9.46. The van der Waals surface area contributed by atoms with Crippen LogP contribution in [-0.4, -0.2) is 57.4 Å². The molecule has 0 aromatic carbocycles. The molecule has 0 unspecified atom stereocenters. The third kappa shape index (κ3) is 2.94. The van der Waals surface area contributed by atoms with Crippen LogP contribution in [0.5, 0.6) is 0 Å². The minimum Gasteiger partial charge on any atom is -0.368 e. The smallest absolute Gasteiger partial charge is 0.320 e. The fraction of sp³-hybridized carbons (Fsp3) is 0.647. The molecule has 150 valence electrons. The van der Waals surface area contributed by atoms with Crippen LogP contribution in [-0.2, 0) is 0 Å². The molecule has 2 aliphatic heterocycles. The van der Waals surface area contributed by atoms with Gasteiger partial charge in [-0.1, -0.05) is 18.0 Å². The Morgan fingerprint density at radius 1 is 1.29 bits per heavy atom. The number of urea groups is 1. The van der Waals surface area contributed by atoms with Crippen LogP contribution < -0.4 is 10.6 Å². The van der Waals surface area contributed by atoms with Gasteiger partial charge in [0.05, 0.1) is 16.7 Å². The molecule has 3 aliphatic rings. The molecule has 4 atom stereocenters. The number of carbonyl (C=O) groups excluding carboxylic acids is 2. The summed E-state index contributed by atoms with van der Waals surface area (Å²) in [4.78, 5) is 29.1. The van der Waals surface area contributed by atoms with E-state index < -0.39 is 11.8 Å². The van der Waals surface area contributed by atoms with Gasteiger partial charge in [-0.25, -0.2) is 4.79 Å². The molecule has 0 spiro atoms. The summed E-state index contributed by atoms with van der Waals surface area (Å²) in [5.41, 5.74) is 7.49. The van der Waals surface area contributed by atoms with E-state index in [4.69, 9.17) is 5.53 Å². The minimum atomic E-state index is -1.34. The fourth-order valence-electron chi connectivity index (χ4n) is 4.69. The molecule has 11 heteroatoms. The highest BCUT2D eigenvalue weighted by molar-refractivity contribution is 9.10. The zero-order chi connectivity index (χ0) is 19.9. The van der Waals surface area contributed by atoms with Gasteiger partial charge in [0.1, 0.15) is 11.7 Å². The first-order valence-corrected chi connectivity index (χ1v) is 10.3. The van der Waals surface area contributed by atoms with Crippen LogP contribution in [0.2, 0.25) is 0 Å². The molecular formula is C17H22BrN7O3. The van der Waals surface area contributed by atoms with Gasteiger partial charge in [-0.2, -0.15) is 0 Å². The molecule has 4 rings (SSSR count). The van der Waals surface area contributed by atoms with Gasteiger partial charge in [0.15, 0.2) is 5.72 Å². The van der Waals surface area contributed by atoms with Crippen LogP contribution in [0.15, 0.2) is 21.9 Å². The summed E-state index contributed by atoms with van der Waals surface area (Å²) in [6.07, 6.45) is 3.68. The summed E-state index contributed by atoms with van der Waals surface area (Å²) in [6.45, 7) is 0.914. The Morgan fingerprint density at radius 2 is 2.07 bits per heavy atom. The fourth-order valence-corrected chi connectivity index (χ4v) is 5.28. The molecule has 1 aromatic heterocycles. The van der Waals surface area contributed by atoms with Crippen molar-refractivity contribution in [2.75, 3.05) is 13.1 Å². The number of carbonyl (C=O) groups is 2. The summed E-state index contributed by atoms with van der Waals surface area (Å²) >= 11 is 3.49. The zero-order valence-electron chi connectivity index (χ0n) is 15.2. The van der Waals surface area contributed by atoms with E-state index in [0.29, 0.717) is 25.2 Å². The normalized spacial score (nSPS) is 30.2. The maximum atomic E-state index is 12.5. The Bertz CT molecular complexity index is 852. The van der Waals surface area contributed by atoms with Crippen LogP contribution in [0.3, 0.4) is 0 Å². The third-order valence-electron chi connectivity index (χ3n) is 5.96. The second-order valence-corrected chi connectivity index (χ2v) is 8.32. The van der Waals surface area contributed by atoms with Crippen molar-refractivity contribution >= 4 is 27.9 Å². The molecule has 28 heavy (non-hydrogen) atoms. The molecule has 0 radical (unpaired) electrons. The molecule has 10 nitrogen and oxygen atoms in total. The number of amides is 3. The molecule has 1 saturated heterocycles. The second-order valence-electron chi connectivity index (χ2n) is 7.51. The lowest BCUT2D eigenvalue weighted by Crippen LogP contribution is -2.56. The Morgan fingerprint density at radius 3 is 2.86 bits per heavy atom. The van der Waals surface area contributed by atoms with Gasteiger partial charge in [0.25, 0.3) is 5.91 Å². The highest BCUT2D eigenvalue weighted by atomic mass is 79.9. The summed E-state index contributed by atoms with van der Waals surface area (Å²) in [5, 5.41) is 20.8. The third-order valence-corrected chi connectivity index (χ3v) is 6.60. The lowest BCUT2D eigenvalue weighted by Gasteiger charge is -2.32. The van der Waals surface area contributed by atoms with Crippen LogP contribution in [0.4, 0.5) is 4.79 Å². The molecule has 1 aliphatic carbocycles. The maximum Gasteiger partial charge on any atom is 0.320 e. The van der Waals surface area contributed by atoms with Gasteiger partial charge in [0.2, 0.25) is 0 Å². The van der Waals surface area contributed by atoms with Crippen LogP contribution in [0.25, 0.3) is 10.4 Å². The SMILES string of the molecule is [N-]=[N+]=NCCCCCCN1C(=O)N[C@H]2[C@@H]3NC(=O)c4ccc(Br)n4[C@@H]3C[C@]21O. The maximum absolute atomic E-state index is 12.5. The monoisotopic (exact) mass is 451 g/mol. The summed E-state index contributed by atoms with van der Waals surface area (Å²) < 4.78 is 2.69. The quantitative estimate of drug-likeness (QED) is 0.253. The summed E-state index contributed by atoms with van der Waals surface area (Å²) in [6, 6.07) is 2.21. The number of aliphatic hydroxyl groups is 1. The van der Waals surface area contributed by atoms with E-state index in [1.807, 2.05) is 10.6 Å². The van der Waals surface area contributed by atoms with Crippen LogP contribution in [0, 0.1) is 0 Å². The highest BCUT2D eigenvalue weighted by Crippen LogP contribution is 2.47. The Labute approximate surface area is 170 Å². The Hall–Kier alpha value is -2.23. The standard InChI is InChI=1S/C17H22BrN7O3/c18-12-6-5-10-15(26)21-13-11(25(10)12)9-17(28)14(13)22-16(27)24(17)8-4-2-1-3-7-20-23-19/h5-6,11,13-14,28H,1-4,7-9H2,(H,21,26)(H,22,27)/t11-,13-,14+,17+/m1/s1. The molecule has 3 N–H and O–H groups in total. The van der Waals surface area contributed by atoms with Crippen molar-refractivity contribution in [3.8, 4) is 0 Å². The van der Waals surface area contributed by atoms with Gasteiger partial charge < -0.3 is 20.3 Å². The van der Waals surface area contributed by atoms with Gasteiger partial charge in [-0.15, -0.1) is 0 Å². The van der Waals surface area contributed by atoms with Crippen molar-refractivity contribution in [1.29, 1.82) is 0 Å². The molecule has 1 aromatic rings. The van der Waals surface area contributed by atoms with Gasteiger partial charge in [0, 0.05) is 24.4 Å². The first-order chi connectivity index (χ1) is 13.5. The molecule has 3 amide bonds. The average molecular weight is 452 g/mol. The Kier molecular flexibility index (Phi) is 4.98. The van der Waals surface area contributed by atoms with E-state index in [1.165, 1.54) is 4.90 Å². The number of fused-ring (bicyclic) bond motifs is 5. The number of hydrogen-bond acceptors (Lipinski definition) is 4. The van der Waals surface area contributed by atoms with E-state index >= 15 is 0 Å². The predicted octanol–water partition coefficient (Wildman–Crippen LogP) is 2.26. The van der Waals surface area contributed by atoms with Crippen LogP contribution >= 0.6 is 15.9 Å². The van der Waals surface area contributed by atoms with Crippen LogP contribution in [0.1, 0.15) is 48.6 Å². The Balaban J connectivity index is 1.45. The molecular weight excluding hydrogens is 430 g/mol. The van der Waals surface area contributed by atoms with E-state index in [2.05, 4.69) is 36.6 Å². The van der Waals surface area contributed by atoms with Crippen molar-refractivity contribution in [2.24, 2.45) is 5.11 Å². The predicted molar refractivity (Wildman–Crippen MR) is 103 cm³/mol. The highest BCUT2D eigenvalue weighted by Gasteiger charge is 2.64. The van der Waals surface area contributed by atoms with Crippen molar-refractivity contribution in [3.63, 3.8) is 0 Å². The zero-order valence-corrected chi connectivity index (χ0v) is 16.8. The molecule has 2 fully saturated rings. The van der Waals surface area contributed by atoms with Gasteiger partial charge in [-0.05, 0) is 46.4 Å². The number of azide groups is 1. The topological polar surface area (TPSA) is 135 Å². The number of rotatable bonds is 7. The summed E-state index contributed by atoms with van der Waals surface area (Å²) in [7, 11) is 0. The van der Waals surface area contributed by atoms with Crippen molar-refractivity contribution in [1.82, 2.24) is 20.1 Å². The van der Waals surface area contributed by atoms with E-state index in [0.717, 1.165) is 30.3 Å². The lowest BCUT2D eigenvalue weighted by atomic mass is 10.0. The lowest BCUT2D eigenvalue weighted by molar-refractivity contribution is -0.0682. The molecule has 1 saturated carbocycles. The van der Waals surface area contributed by atoms with Gasteiger partial charge >= 0.3 is 6.03 Å². The largest absolute Gasteiger partial charge is 0.368 e. The molecule has 3 heterocycles. The minimum absolute atomic E-state index is 0.140. The van der Waals surface area contributed by atoms with E-state index in [9.17, 15) is 14.7 Å². The number of unbranched alkanes of at least 4 members (excludes halogenated alkanes) is 3. The second kappa shape index (κ2) is 7.31. The number of hydrogen-bond donors (Lipinski definition) is 3. The number of nitrogens with zero attached hydrogens (tertiary/aromatic N) is 5. The van der Waals surface area contributed by atoms with Crippen molar-refractivity contribution in [3.05, 3.63) is 32.9 Å². The van der Waals surface area contributed by atoms with Crippen molar-refractivity contribution < 1.29 is 14.7 Å². The number of aromatic nitrogens is 1.